The minimum absolute atomic E-state index is 0.535. The van der Waals surface area contributed by atoms with Gasteiger partial charge in [-0.2, -0.15) is 0 Å². The predicted octanol–water partition coefficient (Wildman–Crippen LogP) is 4.77. The molecule has 0 atom stereocenters. The number of imidazole rings is 1. The summed E-state index contributed by atoms with van der Waals surface area (Å²) in [5, 5.41) is 0. The molecule has 2 aromatic carbocycles. The van der Waals surface area contributed by atoms with Crippen molar-refractivity contribution in [3.05, 3.63) is 78.9 Å². The average molecular weight is 344 g/mol. The highest BCUT2D eigenvalue weighted by molar-refractivity contribution is 6.85. The lowest BCUT2D eigenvalue weighted by Gasteiger charge is -2.19. The van der Waals surface area contributed by atoms with Crippen LogP contribution >= 0.6 is 0 Å². The summed E-state index contributed by atoms with van der Waals surface area (Å²) in [7, 11) is 0. The molecule has 1 fully saturated rings. The van der Waals surface area contributed by atoms with E-state index in [1.807, 2.05) is 6.20 Å². The third-order valence-electron chi connectivity index (χ3n) is 5.38. The summed E-state index contributed by atoms with van der Waals surface area (Å²) >= 11 is 0. The number of hydrogen-bond donors (Lipinski definition) is 1. The standard InChI is InChI=1S/C14H15B.C9H14N2/c1-2-15(13-9-5-3-6-10-13)14-11-7-4-8-12-14;1-2-4-8(5-3-1)9-6-10-7-11-9/h3-12H,2H2,1H3;6-8H,1-5H2,(H,10,11). The zero-order valence-corrected chi connectivity index (χ0v) is 15.8. The largest absolute Gasteiger partial charge is 0.348 e. The summed E-state index contributed by atoms with van der Waals surface area (Å²) in [6.07, 6.45) is 11.8. The monoisotopic (exact) mass is 344 g/mol. The average Bonchev–Trinajstić information content (AvgIpc) is 3.26. The molecule has 2 nitrogen and oxygen atoms in total. The zero-order valence-electron chi connectivity index (χ0n) is 15.8. The summed E-state index contributed by atoms with van der Waals surface area (Å²) in [6.45, 7) is 2.78. The van der Waals surface area contributed by atoms with Gasteiger partial charge in [0.1, 0.15) is 0 Å². The summed E-state index contributed by atoms with van der Waals surface area (Å²) < 4.78 is 0. The molecule has 1 N–H and O–H groups in total. The van der Waals surface area contributed by atoms with Crippen molar-refractivity contribution in [3.8, 4) is 0 Å². The fourth-order valence-electron chi connectivity index (χ4n) is 3.94. The van der Waals surface area contributed by atoms with E-state index in [9.17, 15) is 0 Å². The van der Waals surface area contributed by atoms with Gasteiger partial charge in [0.05, 0.1) is 6.33 Å². The minimum atomic E-state index is 0.535. The van der Waals surface area contributed by atoms with Crippen molar-refractivity contribution in [2.45, 2.75) is 51.3 Å². The van der Waals surface area contributed by atoms with Gasteiger partial charge in [-0.1, -0.05) is 104 Å². The van der Waals surface area contributed by atoms with Crippen LogP contribution < -0.4 is 10.9 Å². The number of H-pyrrole nitrogens is 1. The lowest BCUT2D eigenvalue weighted by Crippen LogP contribution is -2.41. The maximum absolute atomic E-state index is 4.04. The number of nitrogens with zero attached hydrogens (tertiary/aromatic N) is 1. The van der Waals surface area contributed by atoms with E-state index in [0.29, 0.717) is 6.71 Å². The highest BCUT2D eigenvalue weighted by Crippen LogP contribution is 2.30. The lowest BCUT2D eigenvalue weighted by atomic mass is 9.39. The Morgan fingerprint density at radius 1 is 0.885 bits per heavy atom. The van der Waals surface area contributed by atoms with E-state index < -0.39 is 0 Å². The SMILES string of the molecule is CCB(c1ccccc1)c1ccccc1.c1ncc(C2CCCCC2)[nH]1. The van der Waals surface area contributed by atoms with Gasteiger partial charge in [-0.3, -0.25) is 0 Å². The molecule has 1 aliphatic rings. The first-order valence-electron chi connectivity index (χ1n) is 9.96. The highest BCUT2D eigenvalue weighted by atomic mass is 14.9. The summed E-state index contributed by atoms with van der Waals surface area (Å²) in [5.74, 6) is 0.770. The molecule has 1 saturated carbocycles. The van der Waals surface area contributed by atoms with Crippen LogP contribution in [0.25, 0.3) is 0 Å². The van der Waals surface area contributed by atoms with Gasteiger partial charge in [0.2, 0.25) is 6.71 Å². The number of rotatable bonds is 4. The van der Waals surface area contributed by atoms with Crippen molar-refractivity contribution < 1.29 is 0 Å². The van der Waals surface area contributed by atoms with Gasteiger partial charge in [0.25, 0.3) is 0 Å². The Balaban J connectivity index is 0.000000158. The smallest absolute Gasteiger partial charge is 0.209 e. The second-order valence-corrected chi connectivity index (χ2v) is 7.12. The lowest BCUT2D eigenvalue weighted by molar-refractivity contribution is 0.437. The van der Waals surface area contributed by atoms with E-state index in [-0.39, 0.29) is 0 Å². The van der Waals surface area contributed by atoms with Crippen molar-refractivity contribution in [1.29, 1.82) is 0 Å². The third kappa shape index (κ3) is 5.11. The first kappa shape index (κ1) is 18.5. The van der Waals surface area contributed by atoms with Gasteiger partial charge in [-0.15, -0.1) is 0 Å². The van der Waals surface area contributed by atoms with Gasteiger partial charge in [-0.25, -0.2) is 4.98 Å². The molecule has 0 bridgehead atoms. The van der Waals surface area contributed by atoms with Crippen LogP contribution in [0.3, 0.4) is 0 Å². The fraction of sp³-hybridized carbons (Fsp3) is 0.348. The number of aromatic nitrogens is 2. The first-order valence-corrected chi connectivity index (χ1v) is 9.96. The topological polar surface area (TPSA) is 28.7 Å². The van der Waals surface area contributed by atoms with Crippen LogP contribution in [0.1, 0.15) is 50.6 Å². The normalized spacial score (nSPS) is 14.3. The van der Waals surface area contributed by atoms with Gasteiger partial charge in [-0.05, 0) is 12.8 Å². The van der Waals surface area contributed by atoms with E-state index in [1.54, 1.807) is 6.33 Å². The quantitative estimate of drug-likeness (QED) is 0.679. The van der Waals surface area contributed by atoms with Gasteiger partial charge >= 0.3 is 0 Å². The molecule has 1 aromatic heterocycles. The van der Waals surface area contributed by atoms with Crippen LogP contribution in [0.15, 0.2) is 73.2 Å². The molecule has 0 radical (unpaired) electrons. The van der Waals surface area contributed by atoms with Crippen LogP contribution in [0.4, 0.5) is 0 Å². The number of hydrogen-bond acceptors (Lipinski definition) is 1. The Morgan fingerprint density at radius 2 is 1.46 bits per heavy atom. The van der Waals surface area contributed by atoms with Crippen LogP contribution in [-0.2, 0) is 0 Å². The molecular weight excluding hydrogens is 315 g/mol. The van der Waals surface area contributed by atoms with Gasteiger partial charge in [0, 0.05) is 17.8 Å². The van der Waals surface area contributed by atoms with E-state index >= 15 is 0 Å². The van der Waals surface area contributed by atoms with Crippen molar-refractivity contribution in [2.24, 2.45) is 0 Å². The molecule has 3 heteroatoms. The fourth-order valence-corrected chi connectivity index (χ4v) is 3.94. The maximum Gasteiger partial charge on any atom is 0.209 e. The third-order valence-corrected chi connectivity index (χ3v) is 5.38. The number of benzene rings is 2. The Hall–Kier alpha value is -2.29. The maximum atomic E-state index is 4.04. The van der Waals surface area contributed by atoms with Crippen molar-refractivity contribution in [3.63, 3.8) is 0 Å². The predicted molar refractivity (Wildman–Crippen MR) is 113 cm³/mol. The molecule has 26 heavy (non-hydrogen) atoms. The molecule has 0 amide bonds. The van der Waals surface area contributed by atoms with Crippen molar-refractivity contribution in [1.82, 2.24) is 9.97 Å². The summed E-state index contributed by atoms with van der Waals surface area (Å²) in [4.78, 5) is 7.24. The zero-order chi connectivity index (χ0) is 18.0. The second-order valence-electron chi connectivity index (χ2n) is 7.12. The molecule has 0 spiro atoms. The Bertz CT molecular complexity index is 680. The van der Waals surface area contributed by atoms with E-state index in [0.717, 1.165) is 12.2 Å². The van der Waals surface area contributed by atoms with Gasteiger partial charge < -0.3 is 4.98 Å². The molecule has 0 aliphatic heterocycles. The minimum Gasteiger partial charge on any atom is -0.348 e. The van der Waals surface area contributed by atoms with Crippen molar-refractivity contribution >= 4 is 17.6 Å². The second kappa shape index (κ2) is 10.0. The molecule has 3 aromatic rings. The molecule has 4 rings (SSSR count). The Morgan fingerprint density at radius 3 is 1.92 bits per heavy atom. The molecular formula is C23H29BN2. The molecule has 1 heterocycles. The number of aromatic amines is 1. The first-order chi connectivity index (χ1) is 12.9. The van der Waals surface area contributed by atoms with E-state index in [1.165, 1.54) is 48.7 Å². The van der Waals surface area contributed by atoms with Crippen LogP contribution in [0.2, 0.25) is 6.32 Å². The van der Waals surface area contributed by atoms with Crippen LogP contribution in [0.5, 0.6) is 0 Å². The molecule has 0 saturated heterocycles. The molecule has 0 unspecified atom stereocenters. The van der Waals surface area contributed by atoms with Crippen LogP contribution in [-0.4, -0.2) is 16.7 Å². The van der Waals surface area contributed by atoms with Gasteiger partial charge in [0.15, 0.2) is 0 Å². The highest BCUT2D eigenvalue weighted by Gasteiger charge is 2.16. The van der Waals surface area contributed by atoms with E-state index in [4.69, 9.17) is 0 Å². The summed E-state index contributed by atoms with van der Waals surface area (Å²) in [5.41, 5.74) is 4.15. The molecule has 1 aliphatic carbocycles. The Kier molecular flexibility index (Phi) is 7.12. The summed E-state index contributed by atoms with van der Waals surface area (Å²) in [6, 6.07) is 21.4. The van der Waals surface area contributed by atoms with E-state index in [2.05, 4.69) is 77.6 Å². The van der Waals surface area contributed by atoms with Crippen LogP contribution in [0, 0.1) is 0 Å². The Labute approximate surface area is 158 Å². The molecule has 134 valence electrons. The van der Waals surface area contributed by atoms with Crippen molar-refractivity contribution in [2.75, 3.05) is 0 Å². The number of nitrogens with one attached hydrogen (secondary N) is 1.